The first-order valence-electron chi connectivity index (χ1n) is 10.0. The smallest absolute Gasteiger partial charge is 0.0233 e. The van der Waals surface area contributed by atoms with E-state index in [-0.39, 0.29) is 5.41 Å². The van der Waals surface area contributed by atoms with Gasteiger partial charge >= 0.3 is 0 Å². The van der Waals surface area contributed by atoms with Crippen molar-refractivity contribution >= 4 is 0 Å². The van der Waals surface area contributed by atoms with E-state index in [1.54, 1.807) is 11.1 Å². The van der Waals surface area contributed by atoms with Gasteiger partial charge in [-0.05, 0) is 35.8 Å². The van der Waals surface area contributed by atoms with Crippen molar-refractivity contribution in [3.63, 3.8) is 0 Å². The Hall–Kier alpha value is -1.56. The summed E-state index contributed by atoms with van der Waals surface area (Å²) in [5.41, 5.74) is 3.36. The number of hydrogen-bond acceptors (Lipinski definition) is 0. The first-order chi connectivity index (χ1) is 11.9. The van der Waals surface area contributed by atoms with Crippen molar-refractivity contribution < 1.29 is 0 Å². The summed E-state index contributed by atoms with van der Waals surface area (Å²) in [6.45, 7) is 0. The van der Waals surface area contributed by atoms with Crippen LogP contribution in [0.3, 0.4) is 0 Å². The molecule has 0 spiro atoms. The van der Waals surface area contributed by atoms with Crippen LogP contribution in [0.4, 0.5) is 0 Å². The second-order valence-corrected chi connectivity index (χ2v) is 7.95. The normalized spacial score (nSPS) is 24.6. The van der Waals surface area contributed by atoms with Gasteiger partial charge in [-0.15, -0.1) is 0 Å². The van der Waals surface area contributed by atoms with Gasteiger partial charge in [0.25, 0.3) is 0 Å². The molecule has 0 radical (unpaired) electrons. The summed E-state index contributed by atoms with van der Waals surface area (Å²) in [4.78, 5) is 0. The van der Waals surface area contributed by atoms with Crippen molar-refractivity contribution in [2.45, 2.75) is 63.2 Å². The fourth-order valence-electron chi connectivity index (χ4n) is 5.73. The van der Waals surface area contributed by atoms with Crippen molar-refractivity contribution in [1.82, 2.24) is 0 Å². The van der Waals surface area contributed by atoms with Gasteiger partial charge in [0.1, 0.15) is 0 Å². The van der Waals surface area contributed by atoms with Gasteiger partial charge < -0.3 is 0 Å². The van der Waals surface area contributed by atoms with Gasteiger partial charge in [-0.2, -0.15) is 0 Å². The van der Waals surface area contributed by atoms with E-state index in [9.17, 15) is 0 Å². The number of rotatable bonds is 3. The van der Waals surface area contributed by atoms with Gasteiger partial charge in [-0.1, -0.05) is 106 Å². The summed E-state index contributed by atoms with van der Waals surface area (Å²) in [7, 11) is 0. The topological polar surface area (TPSA) is 0 Å². The minimum Gasteiger partial charge on any atom is -0.0622 e. The molecule has 4 rings (SSSR count). The zero-order valence-electron chi connectivity index (χ0n) is 14.8. The lowest BCUT2D eigenvalue weighted by molar-refractivity contribution is 0.121. The zero-order chi connectivity index (χ0) is 16.2. The lowest BCUT2D eigenvalue weighted by atomic mass is 9.54. The lowest BCUT2D eigenvalue weighted by Gasteiger charge is -2.49. The van der Waals surface area contributed by atoms with Crippen LogP contribution in [-0.4, -0.2) is 0 Å². The van der Waals surface area contributed by atoms with E-state index in [0.29, 0.717) is 0 Å². The van der Waals surface area contributed by atoms with E-state index in [2.05, 4.69) is 60.7 Å². The highest BCUT2D eigenvalue weighted by molar-refractivity contribution is 5.41. The molecule has 2 aliphatic rings. The van der Waals surface area contributed by atoms with Crippen LogP contribution in [0.1, 0.15) is 68.9 Å². The maximum absolute atomic E-state index is 2.40. The first-order valence-corrected chi connectivity index (χ1v) is 10.0. The van der Waals surface area contributed by atoms with Crippen molar-refractivity contribution in [3.05, 3.63) is 71.8 Å². The predicted molar refractivity (Wildman–Crippen MR) is 102 cm³/mol. The van der Waals surface area contributed by atoms with Crippen molar-refractivity contribution in [2.24, 2.45) is 11.8 Å². The van der Waals surface area contributed by atoms with Crippen LogP contribution >= 0.6 is 0 Å². The van der Waals surface area contributed by atoms with Crippen LogP contribution in [0.15, 0.2) is 60.7 Å². The van der Waals surface area contributed by atoms with Crippen molar-refractivity contribution in [1.29, 1.82) is 0 Å². The van der Waals surface area contributed by atoms with Crippen LogP contribution in [0.5, 0.6) is 0 Å². The molecule has 0 amide bonds. The van der Waals surface area contributed by atoms with Gasteiger partial charge in [0.15, 0.2) is 0 Å². The van der Waals surface area contributed by atoms with Crippen LogP contribution in [-0.2, 0) is 5.41 Å². The molecule has 2 aliphatic carbocycles. The molecule has 0 N–H and O–H groups in total. The Kier molecular flexibility index (Phi) is 4.74. The fourth-order valence-corrected chi connectivity index (χ4v) is 5.73. The van der Waals surface area contributed by atoms with E-state index in [1.807, 2.05) is 0 Å². The average Bonchev–Trinajstić information content (AvgIpc) is 2.70. The molecule has 2 saturated carbocycles. The van der Waals surface area contributed by atoms with Gasteiger partial charge in [0.2, 0.25) is 0 Å². The molecule has 0 nitrogen and oxygen atoms in total. The molecular weight excluding hydrogens is 288 g/mol. The molecule has 0 bridgehead atoms. The molecule has 1 atom stereocenters. The number of benzene rings is 2. The molecule has 0 aromatic heterocycles. The molecule has 0 saturated heterocycles. The Morgan fingerprint density at radius 3 is 1.71 bits per heavy atom. The molecule has 0 heteroatoms. The molecule has 0 aliphatic heterocycles. The Labute approximate surface area is 147 Å². The maximum atomic E-state index is 2.40. The van der Waals surface area contributed by atoms with Gasteiger partial charge in [-0.3, -0.25) is 0 Å². The Balaban J connectivity index is 1.83. The third kappa shape index (κ3) is 2.81. The maximum Gasteiger partial charge on any atom is 0.0233 e. The Morgan fingerprint density at radius 1 is 0.583 bits per heavy atom. The largest absolute Gasteiger partial charge is 0.0622 e. The average molecular weight is 319 g/mol. The minimum atomic E-state index is 0.239. The summed E-state index contributed by atoms with van der Waals surface area (Å²) in [5.74, 6) is 1.73. The molecule has 2 aromatic carbocycles. The summed E-state index contributed by atoms with van der Waals surface area (Å²) in [6.07, 6.45) is 12.8. The third-order valence-corrected chi connectivity index (χ3v) is 6.77. The molecule has 2 fully saturated rings. The summed E-state index contributed by atoms with van der Waals surface area (Å²) in [6, 6.07) is 22.9. The molecule has 24 heavy (non-hydrogen) atoms. The third-order valence-electron chi connectivity index (χ3n) is 6.77. The molecule has 2 aromatic rings. The molecule has 1 unspecified atom stereocenters. The van der Waals surface area contributed by atoms with Crippen LogP contribution < -0.4 is 0 Å². The van der Waals surface area contributed by atoms with E-state index in [4.69, 9.17) is 0 Å². The lowest BCUT2D eigenvalue weighted by Crippen LogP contribution is -2.43. The minimum absolute atomic E-state index is 0.239. The highest BCUT2D eigenvalue weighted by Crippen LogP contribution is 2.53. The van der Waals surface area contributed by atoms with E-state index < -0.39 is 0 Å². The van der Waals surface area contributed by atoms with Gasteiger partial charge in [0, 0.05) is 5.41 Å². The Bertz CT molecular complexity index is 582. The van der Waals surface area contributed by atoms with E-state index in [1.165, 1.54) is 57.8 Å². The van der Waals surface area contributed by atoms with Gasteiger partial charge in [-0.25, -0.2) is 0 Å². The predicted octanol–water partition coefficient (Wildman–Crippen LogP) is 6.74. The number of hydrogen-bond donors (Lipinski definition) is 0. The zero-order valence-corrected chi connectivity index (χ0v) is 14.8. The fraction of sp³-hybridized carbons (Fsp3) is 0.500. The van der Waals surface area contributed by atoms with E-state index >= 15 is 0 Å². The first kappa shape index (κ1) is 15.9. The van der Waals surface area contributed by atoms with Crippen LogP contribution in [0.25, 0.3) is 0 Å². The Morgan fingerprint density at radius 2 is 1.12 bits per heavy atom. The highest BCUT2D eigenvalue weighted by atomic mass is 14.5. The summed E-state index contributed by atoms with van der Waals surface area (Å²) in [5, 5.41) is 0. The standard InChI is InChI=1S/C24H30/c1-4-12-20(13-5-1)23-18-10-11-19-24(23,21-14-6-2-7-15-21)22-16-8-3-9-17-22/h2-3,6-9,14-17,20,23H,1,4-5,10-13,18-19H2. The van der Waals surface area contributed by atoms with Gasteiger partial charge in [0.05, 0.1) is 0 Å². The molecule has 0 heterocycles. The second-order valence-electron chi connectivity index (χ2n) is 7.95. The van der Waals surface area contributed by atoms with Crippen LogP contribution in [0.2, 0.25) is 0 Å². The van der Waals surface area contributed by atoms with Crippen molar-refractivity contribution in [3.8, 4) is 0 Å². The summed E-state index contributed by atoms with van der Waals surface area (Å²) >= 11 is 0. The molecule has 126 valence electrons. The highest BCUT2D eigenvalue weighted by Gasteiger charge is 2.46. The SMILES string of the molecule is c1ccc(C2(c3ccccc3)CCCCC2C2CCCCC2)cc1. The molecular formula is C24H30. The van der Waals surface area contributed by atoms with Crippen molar-refractivity contribution in [2.75, 3.05) is 0 Å². The monoisotopic (exact) mass is 318 g/mol. The quantitative estimate of drug-likeness (QED) is 0.587. The second kappa shape index (κ2) is 7.13. The van der Waals surface area contributed by atoms with Crippen LogP contribution in [0, 0.1) is 11.8 Å². The van der Waals surface area contributed by atoms with E-state index in [0.717, 1.165) is 11.8 Å². The summed E-state index contributed by atoms with van der Waals surface area (Å²) < 4.78 is 0.